The molecule has 0 saturated carbocycles. The van der Waals surface area contributed by atoms with Gasteiger partial charge in [0.05, 0.1) is 36.3 Å². The van der Waals surface area contributed by atoms with E-state index in [4.69, 9.17) is 9.02 Å². The molecule has 0 aliphatic rings. The molecule has 0 saturated heterocycles. The van der Waals surface area contributed by atoms with Gasteiger partial charge in [0.1, 0.15) is 17.5 Å². The third kappa shape index (κ3) is 6.94. The summed E-state index contributed by atoms with van der Waals surface area (Å²) in [6.45, 7) is 9.66. The molecular formula is C25H33N7O5S. The van der Waals surface area contributed by atoms with E-state index in [2.05, 4.69) is 31.1 Å². The summed E-state index contributed by atoms with van der Waals surface area (Å²) in [6.07, 6.45) is 1.39. The van der Waals surface area contributed by atoms with Crippen molar-refractivity contribution in [2.45, 2.75) is 40.5 Å². The Labute approximate surface area is 223 Å². The average Bonchev–Trinajstić information content (AvgIpc) is 2.86. The molecule has 2 heterocycles. The first-order valence-corrected chi connectivity index (χ1v) is 13.3. The van der Waals surface area contributed by atoms with Crippen LogP contribution < -0.4 is 20.4 Å². The van der Waals surface area contributed by atoms with Crippen molar-refractivity contribution in [3.05, 3.63) is 59.2 Å². The van der Waals surface area contributed by atoms with Crippen LogP contribution in [-0.4, -0.2) is 50.0 Å². The van der Waals surface area contributed by atoms with Crippen molar-refractivity contribution in [1.82, 2.24) is 20.4 Å². The average molecular weight is 544 g/mol. The minimum Gasteiger partial charge on any atom is -0.353 e. The smallest absolute Gasteiger partial charge is 0.353 e. The van der Waals surface area contributed by atoms with Gasteiger partial charge in [-0.2, -0.15) is 8.42 Å². The highest BCUT2D eigenvalue weighted by molar-refractivity contribution is 7.88. The van der Waals surface area contributed by atoms with Gasteiger partial charge in [-0.25, -0.2) is 24.7 Å². The monoisotopic (exact) mass is 543 g/mol. The Kier molecular flexibility index (Phi) is 9.20. The van der Waals surface area contributed by atoms with Gasteiger partial charge >= 0.3 is 10.3 Å². The van der Waals surface area contributed by atoms with E-state index in [0.717, 1.165) is 22.7 Å². The van der Waals surface area contributed by atoms with E-state index in [9.17, 15) is 13.2 Å². The minimum absolute atomic E-state index is 0.144. The van der Waals surface area contributed by atoms with Gasteiger partial charge in [0.25, 0.3) is 5.91 Å². The van der Waals surface area contributed by atoms with Gasteiger partial charge in [-0.1, -0.05) is 19.9 Å². The maximum Gasteiger partial charge on any atom is 0.362 e. The predicted octanol–water partition coefficient (Wildman–Crippen LogP) is 4.11. The van der Waals surface area contributed by atoms with Crippen LogP contribution in [0.15, 0.2) is 36.5 Å². The first-order chi connectivity index (χ1) is 17.9. The Morgan fingerprint density at radius 2 is 1.79 bits per heavy atom. The number of hydroxylamine groups is 1. The Morgan fingerprint density at radius 3 is 2.42 bits per heavy atom. The molecule has 1 aromatic carbocycles. The molecule has 0 aliphatic carbocycles. The molecule has 3 rings (SSSR count). The summed E-state index contributed by atoms with van der Waals surface area (Å²) >= 11 is 0. The lowest BCUT2D eigenvalue weighted by atomic mass is 10.0. The highest BCUT2D eigenvalue weighted by Crippen LogP contribution is 2.35. The number of aromatic nitrogens is 3. The number of nitrogens with one attached hydrogen (secondary N) is 3. The summed E-state index contributed by atoms with van der Waals surface area (Å²) in [5.41, 5.74) is 5.36. The summed E-state index contributed by atoms with van der Waals surface area (Å²) in [5.74, 6) is 1.14. The second-order valence-electron chi connectivity index (χ2n) is 8.69. The van der Waals surface area contributed by atoms with Crippen LogP contribution in [0.5, 0.6) is 0 Å². The number of aryl methyl sites for hydroxylation is 2. The number of rotatable bonds is 11. The Balaban J connectivity index is 2.10. The van der Waals surface area contributed by atoms with Gasteiger partial charge < -0.3 is 10.6 Å². The summed E-state index contributed by atoms with van der Waals surface area (Å²) in [6, 6.07) is 8.79. The Morgan fingerprint density at radius 1 is 1.05 bits per heavy atom. The first kappa shape index (κ1) is 28.8. The molecule has 12 nitrogen and oxygen atoms in total. The van der Waals surface area contributed by atoms with Crippen molar-refractivity contribution in [1.29, 1.82) is 0 Å². The number of hydrogen-bond donors (Lipinski definition) is 3. The Bertz CT molecular complexity index is 1390. The second-order valence-corrected chi connectivity index (χ2v) is 10.4. The van der Waals surface area contributed by atoms with Gasteiger partial charge in [-0.3, -0.25) is 13.8 Å². The molecule has 0 atom stereocenters. The number of hydrogen-bond acceptors (Lipinski definition) is 10. The fraction of sp³-hybridized carbons (Fsp3) is 0.360. The zero-order valence-corrected chi connectivity index (χ0v) is 23.3. The van der Waals surface area contributed by atoms with E-state index in [0.29, 0.717) is 34.5 Å². The fourth-order valence-corrected chi connectivity index (χ4v) is 4.18. The van der Waals surface area contributed by atoms with Crippen molar-refractivity contribution in [2.75, 3.05) is 35.7 Å². The SMILES string of the molecule is CCONC(=O)c1cnc(Nc2cc(C)nc(C)n2)cc1Nc1ccc(C(C)C)cc1N(C)S(=O)(=O)OC. The van der Waals surface area contributed by atoms with E-state index in [1.165, 1.54) is 13.2 Å². The zero-order valence-electron chi connectivity index (χ0n) is 22.5. The lowest BCUT2D eigenvalue weighted by molar-refractivity contribution is 0.0365. The number of carbonyl (C=O) groups excluding carboxylic acids is 1. The molecule has 0 fully saturated rings. The largest absolute Gasteiger partial charge is 0.362 e. The molecule has 1 amide bonds. The normalized spacial score (nSPS) is 11.4. The molecule has 0 unspecified atom stereocenters. The molecule has 13 heteroatoms. The highest BCUT2D eigenvalue weighted by Gasteiger charge is 2.23. The van der Waals surface area contributed by atoms with Crippen LogP contribution >= 0.6 is 0 Å². The third-order valence-electron chi connectivity index (χ3n) is 5.52. The van der Waals surface area contributed by atoms with Crippen molar-refractivity contribution < 1.29 is 22.2 Å². The van der Waals surface area contributed by atoms with Gasteiger partial charge in [0, 0.05) is 31.1 Å². The van der Waals surface area contributed by atoms with Gasteiger partial charge in [0.2, 0.25) is 0 Å². The number of carbonyl (C=O) groups is 1. The predicted molar refractivity (Wildman–Crippen MR) is 146 cm³/mol. The number of amides is 1. The minimum atomic E-state index is -4.05. The number of nitrogens with zero attached hydrogens (tertiary/aromatic N) is 4. The lowest BCUT2D eigenvalue weighted by Gasteiger charge is -2.23. The second kappa shape index (κ2) is 12.2. The highest BCUT2D eigenvalue weighted by atomic mass is 32.2. The molecule has 3 aromatic rings. The van der Waals surface area contributed by atoms with E-state index in [1.807, 2.05) is 26.8 Å². The molecule has 38 heavy (non-hydrogen) atoms. The quantitative estimate of drug-likeness (QED) is 0.302. The maximum absolute atomic E-state index is 12.9. The van der Waals surface area contributed by atoms with Crippen LogP contribution in [0.25, 0.3) is 0 Å². The first-order valence-electron chi connectivity index (χ1n) is 11.9. The van der Waals surface area contributed by atoms with Crippen LogP contribution in [0.1, 0.15) is 54.1 Å². The van der Waals surface area contributed by atoms with Crippen molar-refractivity contribution in [3.8, 4) is 0 Å². The van der Waals surface area contributed by atoms with Crippen molar-refractivity contribution >= 4 is 44.9 Å². The van der Waals surface area contributed by atoms with Crippen LogP contribution in [-0.2, 0) is 19.3 Å². The maximum atomic E-state index is 12.9. The van der Waals surface area contributed by atoms with Gasteiger partial charge in [0.15, 0.2) is 0 Å². The summed E-state index contributed by atoms with van der Waals surface area (Å²) in [5, 5.41) is 6.32. The van der Waals surface area contributed by atoms with E-state index >= 15 is 0 Å². The molecule has 3 N–H and O–H groups in total. The number of pyridine rings is 1. The topological polar surface area (TPSA) is 148 Å². The zero-order chi connectivity index (χ0) is 28.0. The number of benzene rings is 1. The summed E-state index contributed by atoms with van der Waals surface area (Å²) < 4.78 is 30.9. The molecule has 204 valence electrons. The van der Waals surface area contributed by atoms with Crippen molar-refractivity contribution in [2.24, 2.45) is 0 Å². The van der Waals surface area contributed by atoms with Gasteiger partial charge in [-0.15, -0.1) is 0 Å². The molecule has 0 aliphatic heterocycles. The van der Waals surface area contributed by atoms with E-state index in [-0.39, 0.29) is 18.1 Å². The molecular weight excluding hydrogens is 510 g/mol. The van der Waals surface area contributed by atoms with Crippen molar-refractivity contribution in [3.63, 3.8) is 0 Å². The van der Waals surface area contributed by atoms with Crippen LogP contribution in [0.4, 0.5) is 28.7 Å². The van der Waals surface area contributed by atoms with E-state index in [1.54, 1.807) is 38.1 Å². The standard InChI is InChI=1S/C25H33N7O5S/c1-8-37-31-25(33)19-14-26-23(30-24-11-16(4)27-17(5)28-24)13-21(19)29-20-10-9-18(15(2)3)12-22(20)32(6)38(34,35)36-7/h9-15H,8H2,1-7H3,(H,31,33)(H2,26,27,28,29,30). The number of anilines is 5. The Hall–Kier alpha value is -3.81. The van der Waals surface area contributed by atoms with Gasteiger partial charge in [-0.05, 0) is 44.4 Å². The fourth-order valence-electron chi connectivity index (χ4n) is 3.56. The molecule has 2 aromatic heterocycles. The summed E-state index contributed by atoms with van der Waals surface area (Å²) in [4.78, 5) is 30.9. The lowest BCUT2D eigenvalue weighted by Crippen LogP contribution is -2.28. The summed E-state index contributed by atoms with van der Waals surface area (Å²) in [7, 11) is -1.56. The van der Waals surface area contributed by atoms with Crippen LogP contribution in [0, 0.1) is 13.8 Å². The molecule has 0 bridgehead atoms. The molecule has 0 radical (unpaired) electrons. The van der Waals surface area contributed by atoms with E-state index < -0.39 is 16.2 Å². The van der Waals surface area contributed by atoms with Crippen LogP contribution in [0.3, 0.4) is 0 Å². The third-order valence-corrected chi connectivity index (χ3v) is 6.81. The van der Waals surface area contributed by atoms with Crippen LogP contribution in [0.2, 0.25) is 0 Å². The molecule has 0 spiro atoms.